The van der Waals surface area contributed by atoms with E-state index in [1.807, 2.05) is 0 Å². The molecule has 0 spiro atoms. The molecule has 96 valence electrons. The van der Waals surface area contributed by atoms with Crippen LogP contribution in [0.3, 0.4) is 0 Å². The van der Waals surface area contributed by atoms with Crippen LogP contribution in [0.15, 0.2) is 34.5 Å². The third kappa shape index (κ3) is 2.74. The summed E-state index contributed by atoms with van der Waals surface area (Å²) in [7, 11) is -3.79. The molecule has 8 heteroatoms. The topological polar surface area (TPSA) is 72.2 Å². The van der Waals surface area contributed by atoms with Crippen LogP contribution in [0.1, 0.15) is 0 Å². The second-order valence-electron chi connectivity index (χ2n) is 3.40. The fraction of sp³-hybridized carbons (Fsp3) is 0. The summed E-state index contributed by atoms with van der Waals surface area (Å²) in [6.07, 6.45) is 0. The lowest BCUT2D eigenvalue weighted by Crippen LogP contribution is -2.13. The van der Waals surface area contributed by atoms with Crippen molar-refractivity contribution in [2.75, 3.05) is 10.5 Å². The maximum atomic E-state index is 13.0. The number of benzene rings is 1. The van der Waals surface area contributed by atoms with Crippen molar-refractivity contribution in [1.29, 1.82) is 0 Å². The van der Waals surface area contributed by atoms with E-state index in [9.17, 15) is 12.8 Å². The van der Waals surface area contributed by atoms with Crippen LogP contribution >= 0.6 is 22.9 Å². The van der Waals surface area contributed by atoms with Crippen LogP contribution in [0.4, 0.5) is 15.8 Å². The first-order valence-electron chi connectivity index (χ1n) is 4.72. The molecule has 0 atom stereocenters. The Bertz CT molecular complexity index is 685. The molecular weight excluding hydrogens is 299 g/mol. The molecule has 0 amide bonds. The summed E-state index contributed by atoms with van der Waals surface area (Å²) in [5.74, 6) is -0.578. The molecular formula is C10H8ClFN2O2S2. The van der Waals surface area contributed by atoms with Crippen molar-refractivity contribution < 1.29 is 12.8 Å². The van der Waals surface area contributed by atoms with Crippen molar-refractivity contribution in [3.05, 3.63) is 40.5 Å². The van der Waals surface area contributed by atoms with Crippen LogP contribution in [0, 0.1) is 5.82 Å². The maximum Gasteiger partial charge on any atom is 0.271 e. The average Bonchev–Trinajstić information content (AvgIpc) is 2.71. The number of hydrogen-bond donors (Lipinski definition) is 2. The first-order chi connectivity index (χ1) is 8.38. The van der Waals surface area contributed by atoms with E-state index in [1.54, 1.807) is 0 Å². The van der Waals surface area contributed by atoms with Crippen LogP contribution in [-0.4, -0.2) is 8.42 Å². The zero-order valence-electron chi connectivity index (χ0n) is 8.85. The van der Waals surface area contributed by atoms with Gasteiger partial charge >= 0.3 is 0 Å². The average molecular weight is 307 g/mol. The van der Waals surface area contributed by atoms with E-state index in [1.165, 1.54) is 18.2 Å². The number of hydrogen-bond acceptors (Lipinski definition) is 4. The zero-order valence-corrected chi connectivity index (χ0v) is 11.2. The number of nitrogens with one attached hydrogen (secondary N) is 1. The minimum absolute atomic E-state index is 0.000442. The van der Waals surface area contributed by atoms with Crippen LogP contribution in [0.2, 0.25) is 4.34 Å². The van der Waals surface area contributed by atoms with E-state index in [0.717, 1.165) is 23.5 Å². The molecule has 0 radical (unpaired) electrons. The van der Waals surface area contributed by atoms with E-state index in [2.05, 4.69) is 4.72 Å². The molecule has 1 aromatic carbocycles. The van der Waals surface area contributed by atoms with Gasteiger partial charge in [0.25, 0.3) is 10.0 Å². The minimum Gasteiger partial charge on any atom is -0.397 e. The molecule has 0 unspecified atom stereocenters. The SMILES string of the molecule is Nc1ccc(F)cc1NS(=O)(=O)c1ccc(Cl)s1. The van der Waals surface area contributed by atoms with E-state index in [0.29, 0.717) is 4.34 Å². The molecule has 0 aliphatic heterocycles. The minimum atomic E-state index is -3.79. The molecule has 0 fully saturated rings. The predicted molar refractivity (Wildman–Crippen MR) is 70.9 cm³/mol. The molecule has 3 N–H and O–H groups in total. The fourth-order valence-corrected chi connectivity index (χ4v) is 3.82. The molecule has 0 aliphatic rings. The van der Waals surface area contributed by atoms with E-state index in [4.69, 9.17) is 17.3 Å². The summed E-state index contributed by atoms with van der Waals surface area (Å²) in [5.41, 5.74) is 5.70. The molecule has 1 aromatic heterocycles. The van der Waals surface area contributed by atoms with Crippen molar-refractivity contribution >= 4 is 44.3 Å². The van der Waals surface area contributed by atoms with Gasteiger partial charge in [-0.25, -0.2) is 12.8 Å². The Morgan fingerprint density at radius 3 is 2.61 bits per heavy atom. The molecule has 4 nitrogen and oxygen atoms in total. The summed E-state index contributed by atoms with van der Waals surface area (Å²) in [6.45, 7) is 0. The van der Waals surface area contributed by atoms with Gasteiger partial charge in [-0.3, -0.25) is 4.72 Å². The zero-order chi connectivity index (χ0) is 13.3. The van der Waals surface area contributed by atoms with Crippen LogP contribution in [-0.2, 0) is 10.0 Å². The molecule has 2 aromatic rings. The van der Waals surface area contributed by atoms with Gasteiger partial charge in [-0.2, -0.15) is 0 Å². The van der Waals surface area contributed by atoms with Crippen LogP contribution in [0.5, 0.6) is 0 Å². The Labute approximate surface area is 112 Å². The van der Waals surface area contributed by atoms with Crippen molar-refractivity contribution in [2.24, 2.45) is 0 Å². The predicted octanol–water partition coefficient (Wildman–Crippen LogP) is 2.92. The van der Waals surface area contributed by atoms with Gasteiger partial charge < -0.3 is 5.73 Å². The number of rotatable bonds is 3. The molecule has 0 saturated carbocycles. The lowest BCUT2D eigenvalue weighted by atomic mass is 10.3. The first-order valence-corrected chi connectivity index (χ1v) is 7.39. The number of anilines is 2. The highest BCUT2D eigenvalue weighted by Crippen LogP contribution is 2.29. The summed E-state index contributed by atoms with van der Waals surface area (Å²) in [6, 6.07) is 6.28. The lowest BCUT2D eigenvalue weighted by Gasteiger charge is -2.08. The van der Waals surface area contributed by atoms with Crippen molar-refractivity contribution in [1.82, 2.24) is 0 Å². The number of halogens is 2. The summed E-state index contributed by atoms with van der Waals surface area (Å²) >= 11 is 6.57. The Balaban J connectivity index is 2.36. The van der Waals surface area contributed by atoms with Gasteiger partial charge in [0.1, 0.15) is 10.0 Å². The van der Waals surface area contributed by atoms with Crippen LogP contribution in [0.25, 0.3) is 0 Å². The highest BCUT2D eigenvalue weighted by Gasteiger charge is 2.18. The number of sulfonamides is 1. The van der Waals surface area contributed by atoms with Gasteiger partial charge in [-0.15, -0.1) is 11.3 Å². The number of thiophene rings is 1. The molecule has 0 bridgehead atoms. The highest BCUT2D eigenvalue weighted by atomic mass is 35.5. The third-order valence-electron chi connectivity index (χ3n) is 2.07. The van der Waals surface area contributed by atoms with Crippen molar-refractivity contribution in [3.63, 3.8) is 0 Å². The largest absolute Gasteiger partial charge is 0.397 e. The lowest BCUT2D eigenvalue weighted by molar-refractivity contribution is 0.603. The molecule has 18 heavy (non-hydrogen) atoms. The fourth-order valence-electron chi connectivity index (χ4n) is 1.25. The van der Waals surface area contributed by atoms with Gasteiger partial charge in [0.05, 0.1) is 15.7 Å². The Hall–Kier alpha value is -1.31. The summed E-state index contributed by atoms with van der Waals surface area (Å²) in [4.78, 5) is 0. The second-order valence-corrected chi connectivity index (χ2v) is 7.02. The van der Waals surface area contributed by atoms with Gasteiger partial charge in [0.2, 0.25) is 0 Å². The van der Waals surface area contributed by atoms with E-state index >= 15 is 0 Å². The maximum absolute atomic E-state index is 13.0. The van der Waals surface area contributed by atoms with Crippen LogP contribution < -0.4 is 10.5 Å². The number of nitrogens with two attached hydrogens (primary N) is 1. The molecule has 0 saturated heterocycles. The molecule has 1 heterocycles. The van der Waals surface area contributed by atoms with Gasteiger partial charge in [0, 0.05) is 6.07 Å². The summed E-state index contributed by atoms with van der Waals surface area (Å²) < 4.78 is 39.5. The summed E-state index contributed by atoms with van der Waals surface area (Å²) in [5, 5.41) is 0. The van der Waals surface area contributed by atoms with Crippen molar-refractivity contribution in [3.8, 4) is 0 Å². The Morgan fingerprint density at radius 2 is 2.00 bits per heavy atom. The van der Waals surface area contributed by atoms with Gasteiger partial charge in [-0.05, 0) is 24.3 Å². The van der Waals surface area contributed by atoms with Crippen molar-refractivity contribution in [2.45, 2.75) is 4.21 Å². The number of nitrogen functional groups attached to an aromatic ring is 1. The monoisotopic (exact) mass is 306 g/mol. The quantitative estimate of drug-likeness (QED) is 0.856. The third-order valence-corrected chi connectivity index (χ3v) is 5.16. The molecule has 0 aliphatic carbocycles. The Morgan fingerprint density at radius 1 is 1.28 bits per heavy atom. The second kappa shape index (κ2) is 4.75. The smallest absolute Gasteiger partial charge is 0.271 e. The normalized spacial score (nSPS) is 11.4. The van der Waals surface area contributed by atoms with E-state index in [-0.39, 0.29) is 15.6 Å². The first kappa shape index (κ1) is 13.1. The Kier molecular flexibility index (Phi) is 3.47. The van der Waals surface area contributed by atoms with E-state index < -0.39 is 15.8 Å². The van der Waals surface area contributed by atoms with Gasteiger partial charge in [-0.1, -0.05) is 11.6 Å². The standard InChI is InChI=1S/C10H8ClFN2O2S2/c11-9-3-4-10(17-9)18(15,16)14-8-5-6(12)1-2-7(8)13/h1-5,14H,13H2. The van der Waals surface area contributed by atoms with Gasteiger partial charge in [0.15, 0.2) is 0 Å². The highest BCUT2D eigenvalue weighted by molar-refractivity contribution is 7.94. The molecule has 2 rings (SSSR count).